The van der Waals surface area contributed by atoms with Crippen molar-refractivity contribution in [1.82, 2.24) is 10.3 Å². The summed E-state index contributed by atoms with van der Waals surface area (Å²) < 4.78 is 0. The summed E-state index contributed by atoms with van der Waals surface area (Å²) >= 11 is 0. The SMILES string of the molecule is CCNC(Cc1ccc(CC)cn1)C1CC1(C)C. The Morgan fingerprint density at radius 1 is 1.39 bits per heavy atom. The van der Waals surface area contributed by atoms with Gasteiger partial charge in [-0.25, -0.2) is 0 Å². The van der Waals surface area contributed by atoms with E-state index in [1.165, 1.54) is 17.7 Å². The summed E-state index contributed by atoms with van der Waals surface area (Å²) in [6.45, 7) is 10.1. The van der Waals surface area contributed by atoms with Gasteiger partial charge in [-0.05, 0) is 42.3 Å². The summed E-state index contributed by atoms with van der Waals surface area (Å²) in [5.74, 6) is 0.810. The zero-order chi connectivity index (χ0) is 13.2. The molecule has 0 amide bonds. The van der Waals surface area contributed by atoms with E-state index in [4.69, 9.17) is 0 Å². The normalized spacial score (nSPS) is 22.8. The highest BCUT2D eigenvalue weighted by Gasteiger charge is 2.49. The lowest BCUT2D eigenvalue weighted by Gasteiger charge is -2.19. The third kappa shape index (κ3) is 3.11. The fraction of sp³-hybridized carbons (Fsp3) is 0.688. The van der Waals surface area contributed by atoms with Crippen molar-refractivity contribution < 1.29 is 0 Å². The third-order valence-corrected chi connectivity index (χ3v) is 4.26. The molecule has 2 heteroatoms. The van der Waals surface area contributed by atoms with Gasteiger partial charge >= 0.3 is 0 Å². The van der Waals surface area contributed by atoms with E-state index in [0.717, 1.165) is 25.3 Å². The molecule has 2 rings (SSSR count). The minimum Gasteiger partial charge on any atom is -0.314 e. The van der Waals surface area contributed by atoms with Crippen LogP contribution in [0.5, 0.6) is 0 Å². The molecule has 1 heterocycles. The smallest absolute Gasteiger partial charge is 0.0419 e. The lowest BCUT2D eigenvalue weighted by atomic mass is 9.99. The summed E-state index contributed by atoms with van der Waals surface area (Å²) in [5, 5.41) is 3.64. The fourth-order valence-electron chi connectivity index (χ4n) is 2.82. The predicted octanol–water partition coefficient (Wildman–Crippen LogP) is 3.21. The summed E-state index contributed by atoms with van der Waals surface area (Å²) in [7, 11) is 0. The first kappa shape index (κ1) is 13.5. The Bertz CT molecular complexity index is 381. The monoisotopic (exact) mass is 246 g/mol. The second-order valence-corrected chi connectivity index (χ2v) is 6.18. The Hall–Kier alpha value is -0.890. The van der Waals surface area contributed by atoms with Crippen LogP contribution < -0.4 is 5.32 Å². The molecule has 0 aromatic carbocycles. The van der Waals surface area contributed by atoms with Crippen LogP contribution in [0.1, 0.15) is 45.4 Å². The number of hydrogen-bond acceptors (Lipinski definition) is 2. The van der Waals surface area contributed by atoms with Crippen molar-refractivity contribution in [3.05, 3.63) is 29.6 Å². The van der Waals surface area contributed by atoms with Crippen molar-refractivity contribution in [2.75, 3.05) is 6.54 Å². The van der Waals surface area contributed by atoms with Gasteiger partial charge < -0.3 is 5.32 Å². The highest BCUT2D eigenvalue weighted by Crippen LogP contribution is 2.53. The zero-order valence-corrected chi connectivity index (χ0v) is 12.2. The zero-order valence-electron chi connectivity index (χ0n) is 12.2. The number of rotatable bonds is 6. The van der Waals surface area contributed by atoms with Crippen LogP contribution in [0, 0.1) is 11.3 Å². The van der Waals surface area contributed by atoms with E-state index in [1.807, 2.05) is 6.20 Å². The molecule has 0 spiro atoms. The van der Waals surface area contributed by atoms with Crippen LogP contribution in [-0.2, 0) is 12.8 Å². The maximum atomic E-state index is 4.59. The number of pyridine rings is 1. The molecule has 2 atom stereocenters. The summed E-state index contributed by atoms with van der Waals surface area (Å²) in [6.07, 6.45) is 5.50. The Morgan fingerprint density at radius 3 is 2.56 bits per heavy atom. The number of nitrogens with one attached hydrogen (secondary N) is 1. The molecule has 0 saturated heterocycles. The Kier molecular flexibility index (Phi) is 4.06. The van der Waals surface area contributed by atoms with E-state index in [-0.39, 0.29) is 0 Å². The van der Waals surface area contributed by atoms with Crippen LogP contribution >= 0.6 is 0 Å². The summed E-state index contributed by atoms with van der Waals surface area (Å²) in [5.41, 5.74) is 3.07. The molecule has 0 bridgehead atoms. The minimum absolute atomic E-state index is 0.524. The molecule has 1 aliphatic rings. The average Bonchev–Trinajstić information content (AvgIpc) is 2.99. The molecule has 1 fully saturated rings. The van der Waals surface area contributed by atoms with Crippen molar-refractivity contribution in [1.29, 1.82) is 0 Å². The van der Waals surface area contributed by atoms with Gasteiger partial charge in [0.25, 0.3) is 0 Å². The maximum Gasteiger partial charge on any atom is 0.0419 e. The van der Waals surface area contributed by atoms with Gasteiger partial charge in [0, 0.05) is 24.4 Å². The summed E-state index contributed by atoms with van der Waals surface area (Å²) in [6, 6.07) is 4.99. The average molecular weight is 246 g/mol. The van der Waals surface area contributed by atoms with Gasteiger partial charge in [-0.1, -0.05) is 33.8 Å². The van der Waals surface area contributed by atoms with Gasteiger partial charge in [-0.3, -0.25) is 4.98 Å². The number of aryl methyl sites for hydroxylation is 1. The number of likely N-dealkylation sites (N-methyl/N-ethyl adjacent to an activating group) is 1. The molecule has 0 aliphatic heterocycles. The van der Waals surface area contributed by atoms with Crippen molar-refractivity contribution in [2.24, 2.45) is 11.3 Å². The van der Waals surface area contributed by atoms with Crippen LogP contribution in [-0.4, -0.2) is 17.6 Å². The molecule has 1 aliphatic carbocycles. The number of hydrogen-bond donors (Lipinski definition) is 1. The quantitative estimate of drug-likeness (QED) is 0.833. The molecule has 100 valence electrons. The molecular formula is C16H26N2. The largest absolute Gasteiger partial charge is 0.314 e. The van der Waals surface area contributed by atoms with Gasteiger partial charge in [0.15, 0.2) is 0 Å². The number of nitrogens with zero attached hydrogens (tertiary/aromatic N) is 1. The van der Waals surface area contributed by atoms with E-state index in [9.17, 15) is 0 Å². The number of aromatic nitrogens is 1. The van der Waals surface area contributed by atoms with Crippen LogP contribution in [0.2, 0.25) is 0 Å². The van der Waals surface area contributed by atoms with Crippen molar-refractivity contribution in [2.45, 2.75) is 53.0 Å². The second kappa shape index (κ2) is 5.40. The standard InChI is InChI=1S/C16H26N2/c1-5-12-7-8-13(18-11-12)9-15(17-6-2)14-10-16(14,3)4/h7-8,11,14-15,17H,5-6,9-10H2,1-4H3. The van der Waals surface area contributed by atoms with Crippen LogP contribution in [0.3, 0.4) is 0 Å². The maximum absolute atomic E-state index is 4.59. The highest BCUT2D eigenvalue weighted by molar-refractivity contribution is 5.16. The van der Waals surface area contributed by atoms with Gasteiger partial charge in [0.1, 0.15) is 0 Å². The van der Waals surface area contributed by atoms with Crippen LogP contribution in [0.4, 0.5) is 0 Å². The van der Waals surface area contributed by atoms with E-state index >= 15 is 0 Å². The van der Waals surface area contributed by atoms with Crippen molar-refractivity contribution in [3.8, 4) is 0 Å². The van der Waals surface area contributed by atoms with Crippen molar-refractivity contribution >= 4 is 0 Å². The highest BCUT2D eigenvalue weighted by atomic mass is 14.9. The molecule has 18 heavy (non-hydrogen) atoms. The first-order chi connectivity index (χ1) is 8.56. The van der Waals surface area contributed by atoms with Gasteiger partial charge in [0.2, 0.25) is 0 Å². The molecular weight excluding hydrogens is 220 g/mol. The molecule has 2 unspecified atom stereocenters. The van der Waals surface area contributed by atoms with E-state index in [2.05, 4.69) is 50.1 Å². The van der Waals surface area contributed by atoms with Crippen molar-refractivity contribution in [3.63, 3.8) is 0 Å². The first-order valence-electron chi connectivity index (χ1n) is 7.24. The molecule has 1 aromatic heterocycles. The lowest BCUT2D eigenvalue weighted by Crippen LogP contribution is -2.34. The third-order valence-electron chi connectivity index (χ3n) is 4.26. The lowest BCUT2D eigenvalue weighted by molar-refractivity contribution is 0.407. The molecule has 1 N–H and O–H groups in total. The van der Waals surface area contributed by atoms with Crippen LogP contribution in [0.25, 0.3) is 0 Å². The molecule has 1 saturated carbocycles. The molecule has 1 aromatic rings. The van der Waals surface area contributed by atoms with Gasteiger partial charge in [-0.15, -0.1) is 0 Å². The van der Waals surface area contributed by atoms with E-state index in [1.54, 1.807) is 0 Å². The first-order valence-corrected chi connectivity index (χ1v) is 7.24. The minimum atomic E-state index is 0.524. The Labute approximate surface area is 111 Å². The van der Waals surface area contributed by atoms with Crippen LogP contribution in [0.15, 0.2) is 18.3 Å². The van der Waals surface area contributed by atoms with E-state index < -0.39 is 0 Å². The predicted molar refractivity (Wildman–Crippen MR) is 76.7 cm³/mol. The van der Waals surface area contributed by atoms with E-state index in [0.29, 0.717) is 11.5 Å². The Morgan fingerprint density at radius 2 is 2.11 bits per heavy atom. The molecule has 0 radical (unpaired) electrons. The van der Waals surface area contributed by atoms with Gasteiger partial charge in [-0.2, -0.15) is 0 Å². The Balaban J connectivity index is 1.99. The van der Waals surface area contributed by atoms with Gasteiger partial charge in [0.05, 0.1) is 0 Å². The second-order valence-electron chi connectivity index (χ2n) is 6.18. The fourth-order valence-corrected chi connectivity index (χ4v) is 2.82. The topological polar surface area (TPSA) is 24.9 Å². The molecule has 2 nitrogen and oxygen atoms in total. The summed E-state index contributed by atoms with van der Waals surface area (Å²) in [4.78, 5) is 4.59.